The molecule has 31 heavy (non-hydrogen) atoms. The van der Waals surface area contributed by atoms with Crippen molar-refractivity contribution in [3.63, 3.8) is 0 Å². The topological polar surface area (TPSA) is 107 Å². The Labute approximate surface area is 191 Å². The van der Waals surface area contributed by atoms with Crippen LogP contribution in [-0.4, -0.2) is 36.3 Å². The van der Waals surface area contributed by atoms with E-state index in [9.17, 15) is 8.42 Å². The van der Waals surface area contributed by atoms with Crippen molar-refractivity contribution in [2.45, 2.75) is 42.5 Å². The van der Waals surface area contributed by atoms with Crippen LogP contribution in [-0.2, 0) is 16.3 Å². The molecule has 0 saturated heterocycles. The Morgan fingerprint density at radius 3 is 2.45 bits per heavy atom. The first kappa shape index (κ1) is 23.5. The summed E-state index contributed by atoms with van der Waals surface area (Å²) in [6.07, 6.45) is 1.44. The lowest BCUT2D eigenvalue weighted by Crippen LogP contribution is -2.36. The van der Waals surface area contributed by atoms with E-state index in [1.165, 1.54) is 19.2 Å². The first-order chi connectivity index (χ1) is 14.8. The molecule has 166 valence electrons. The van der Waals surface area contributed by atoms with Crippen LogP contribution >= 0.6 is 23.1 Å². The second kappa shape index (κ2) is 10.4. The number of rotatable bonds is 10. The van der Waals surface area contributed by atoms with Gasteiger partial charge in [0.25, 0.3) is 0 Å². The highest BCUT2D eigenvalue weighted by Crippen LogP contribution is 2.25. The van der Waals surface area contributed by atoms with Crippen LogP contribution in [0.1, 0.15) is 31.2 Å². The number of ether oxygens (including phenoxy) is 1. The highest BCUT2D eigenvalue weighted by Gasteiger charge is 2.30. The molecule has 0 fully saturated rings. The van der Waals surface area contributed by atoms with Gasteiger partial charge >= 0.3 is 0 Å². The largest absolute Gasteiger partial charge is 0.497 e. The number of methoxy groups -OCH3 is 1. The average molecular weight is 481 g/mol. The van der Waals surface area contributed by atoms with Crippen molar-refractivity contribution in [3.8, 4) is 5.75 Å². The second-order valence-electron chi connectivity index (χ2n) is 7.08. The third-order valence-corrected chi connectivity index (χ3v) is 7.76. The summed E-state index contributed by atoms with van der Waals surface area (Å²) in [7, 11) is -2.17. The van der Waals surface area contributed by atoms with Gasteiger partial charge in [-0.1, -0.05) is 30.7 Å². The monoisotopic (exact) mass is 480 g/mol. The van der Waals surface area contributed by atoms with Gasteiger partial charge in [-0.15, -0.1) is 0 Å². The zero-order valence-corrected chi connectivity index (χ0v) is 19.7. The van der Waals surface area contributed by atoms with Gasteiger partial charge in [-0.2, -0.15) is 4.37 Å². The average Bonchev–Trinajstić information content (AvgIpc) is 3.21. The fourth-order valence-corrected chi connectivity index (χ4v) is 5.39. The molecule has 2 atom stereocenters. The zero-order chi connectivity index (χ0) is 22.4. The molecule has 7 nitrogen and oxygen atoms in total. The fourth-order valence-electron chi connectivity index (χ4n) is 2.94. The number of benzene rings is 2. The molecule has 0 bridgehead atoms. The van der Waals surface area contributed by atoms with Gasteiger partial charge in [0.15, 0.2) is 9.84 Å². The molecular formula is C21H25ClN4O3S2. The van der Waals surface area contributed by atoms with Crippen molar-refractivity contribution in [3.05, 3.63) is 64.9 Å². The van der Waals surface area contributed by atoms with Gasteiger partial charge in [0.05, 0.1) is 12.0 Å². The number of aromatic nitrogens is 2. The Bertz CT molecular complexity index is 1090. The molecule has 10 heteroatoms. The number of nitrogens with zero attached hydrogens (tertiary/aromatic N) is 2. The van der Waals surface area contributed by atoms with Crippen LogP contribution in [0.5, 0.6) is 5.75 Å². The summed E-state index contributed by atoms with van der Waals surface area (Å²) in [5.74, 6) is 1.19. The maximum atomic E-state index is 13.3. The summed E-state index contributed by atoms with van der Waals surface area (Å²) < 4.78 is 36.1. The molecule has 0 aliphatic rings. The maximum Gasteiger partial charge on any atom is 0.203 e. The van der Waals surface area contributed by atoms with E-state index in [0.29, 0.717) is 34.6 Å². The van der Waals surface area contributed by atoms with Gasteiger partial charge < -0.3 is 15.8 Å². The molecule has 2 unspecified atom stereocenters. The van der Waals surface area contributed by atoms with Crippen molar-refractivity contribution in [2.75, 3.05) is 12.4 Å². The van der Waals surface area contributed by atoms with Crippen LogP contribution in [0.4, 0.5) is 5.13 Å². The lowest BCUT2D eigenvalue weighted by molar-refractivity contribution is 0.414. The predicted molar refractivity (Wildman–Crippen MR) is 125 cm³/mol. The third-order valence-electron chi connectivity index (χ3n) is 4.83. The van der Waals surface area contributed by atoms with Crippen molar-refractivity contribution in [2.24, 2.45) is 5.73 Å². The highest BCUT2D eigenvalue weighted by atomic mass is 35.5. The molecule has 3 N–H and O–H groups in total. The van der Waals surface area contributed by atoms with E-state index in [-0.39, 0.29) is 17.4 Å². The predicted octanol–water partition coefficient (Wildman–Crippen LogP) is 4.13. The number of hydrogen-bond donors (Lipinski definition) is 2. The van der Waals surface area contributed by atoms with E-state index in [0.717, 1.165) is 17.1 Å². The Morgan fingerprint density at radius 1 is 1.16 bits per heavy atom. The molecule has 3 aromatic rings. The fraction of sp³-hybridized carbons (Fsp3) is 0.333. The van der Waals surface area contributed by atoms with E-state index >= 15 is 0 Å². The Morgan fingerprint density at radius 2 is 1.84 bits per heavy atom. The number of halogens is 1. The van der Waals surface area contributed by atoms with Crippen LogP contribution in [0.2, 0.25) is 5.02 Å². The third kappa shape index (κ3) is 6.16. The Kier molecular flexibility index (Phi) is 7.88. The van der Waals surface area contributed by atoms with Gasteiger partial charge in [-0.05, 0) is 54.8 Å². The van der Waals surface area contributed by atoms with E-state index in [2.05, 4.69) is 14.7 Å². The van der Waals surface area contributed by atoms with E-state index < -0.39 is 15.2 Å². The first-order valence-corrected chi connectivity index (χ1v) is 12.5. The van der Waals surface area contributed by atoms with Crippen LogP contribution < -0.4 is 15.8 Å². The van der Waals surface area contributed by atoms with Crippen LogP contribution in [0.3, 0.4) is 0 Å². The standard InChI is InChI=1S/C21H25ClN4O3S2/c1-3-16(23)13-20(31(27,28)18-10-8-17(29-2)9-11-18)25-21-24-19(26-30-21)12-14-4-6-15(22)7-5-14/h4-11,16,20H,3,12-13,23H2,1-2H3,(H,24,25,26). The van der Waals surface area contributed by atoms with Gasteiger partial charge in [0, 0.05) is 29.0 Å². The summed E-state index contributed by atoms with van der Waals surface area (Å²) in [5, 5.41) is 3.23. The SMILES string of the molecule is CCC(N)CC(Nc1nc(Cc2ccc(Cl)cc2)ns1)S(=O)(=O)c1ccc(OC)cc1. The summed E-state index contributed by atoms with van der Waals surface area (Å²) in [6.45, 7) is 1.93. The normalized spacial score (nSPS) is 13.5. The van der Waals surface area contributed by atoms with Crippen molar-refractivity contribution >= 4 is 38.1 Å². The molecule has 0 spiro atoms. The number of hydrogen-bond acceptors (Lipinski definition) is 8. The number of anilines is 1. The maximum absolute atomic E-state index is 13.3. The molecule has 2 aromatic carbocycles. The second-order valence-corrected chi connectivity index (χ2v) is 10.4. The van der Waals surface area contributed by atoms with Crippen LogP contribution in [0, 0.1) is 0 Å². The molecule has 0 aliphatic carbocycles. The van der Waals surface area contributed by atoms with Gasteiger partial charge in [0.2, 0.25) is 5.13 Å². The van der Waals surface area contributed by atoms with Gasteiger partial charge in [0.1, 0.15) is 16.9 Å². The van der Waals surface area contributed by atoms with Gasteiger partial charge in [-0.25, -0.2) is 13.4 Å². The van der Waals surface area contributed by atoms with Gasteiger partial charge in [-0.3, -0.25) is 0 Å². The molecular weight excluding hydrogens is 456 g/mol. The van der Waals surface area contributed by atoms with Crippen LogP contribution in [0.25, 0.3) is 0 Å². The quantitative estimate of drug-likeness (QED) is 0.449. The van der Waals surface area contributed by atoms with Crippen LogP contribution in [0.15, 0.2) is 53.4 Å². The summed E-state index contributed by atoms with van der Waals surface area (Å²) >= 11 is 7.06. The summed E-state index contributed by atoms with van der Waals surface area (Å²) in [4.78, 5) is 4.67. The van der Waals surface area contributed by atoms with E-state index in [4.69, 9.17) is 22.1 Å². The van der Waals surface area contributed by atoms with E-state index in [1.54, 1.807) is 12.1 Å². The zero-order valence-electron chi connectivity index (χ0n) is 17.3. The molecule has 1 heterocycles. The first-order valence-electron chi connectivity index (χ1n) is 9.79. The molecule has 1 aromatic heterocycles. The Balaban J connectivity index is 1.80. The molecule has 0 amide bonds. The number of nitrogens with two attached hydrogens (primary N) is 1. The molecule has 0 radical (unpaired) electrons. The summed E-state index contributed by atoms with van der Waals surface area (Å²) in [5.41, 5.74) is 7.12. The van der Waals surface area contributed by atoms with Crippen molar-refractivity contribution in [1.82, 2.24) is 9.36 Å². The lowest BCUT2D eigenvalue weighted by Gasteiger charge is -2.21. The Hall–Kier alpha value is -2.20. The van der Waals surface area contributed by atoms with Crippen molar-refractivity contribution in [1.29, 1.82) is 0 Å². The van der Waals surface area contributed by atoms with E-state index in [1.807, 2.05) is 31.2 Å². The minimum absolute atomic E-state index is 0.194. The lowest BCUT2D eigenvalue weighted by atomic mass is 10.1. The highest BCUT2D eigenvalue weighted by molar-refractivity contribution is 7.92. The number of sulfone groups is 1. The van der Waals surface area contributed by atoms with Crippen molar-refractivity contribution < 1.29 is 13.2 Å². The number of nitrogens with one attached hydrogen (secondary N) is 1. The molecule has 3 rings (SSSR count). The molecule has 0 saturated carbocycles. The minimum atomic E-state index is -3.71. The summed E-state index contributed by atoms with van der Waals surface area (Å²) in [6, 6.07) is 13.5. The minimum Gasteiger partial charge on any atom is -0.497 e. The smallest absolute Gasteiger partial charge is 0.203 e. The molecule has 0 aliphatic heterocycles.